The number of likely N-dealkylation sites (tertiary alicyclic amines) is 1. The topological polar surface area (TPSA) is 49.8 Å². The molecule has 1 rings (SSSR count). The second kappa shape index (κ2) is 6.77. The van der Waals surface area contributed by atoms with E-state index in [1.807, 2.05) is 13.0 Å². The summed E-state index contributed by atoms with van der Waals surface area (Å²) < 4.78 is 4.80. The van der Waals surface area contributed by atoms with E-state index in [-0.39, 0.29) is 5.97 Å². The normalized spacial score (nSPS) is 27.0. The van der Waals surface area contributed by atoms with Crippen LogP contribution in [0, 0.1) is 0 Å². The van der Waals surface area contributed by atoms with Crippen molar-refractivity contribution in [3.63, 3.8) is 0 Å². The molecule has 1 unspecified atom stereocenters. The average molecular weight is 241 g/mol. The van der Waals surface area contributed by atoms with Gasteiger partial charge in [0, 0.05) is 19.2 Å². The Morgan fingerprint density at radius 2 is 2.24 bits per heavy atom. The molecule has 1 heterocycles. The molecule has 1 saturated heterocycles. The van der Waals surface area contributed by atoms with Gasteiger partial charge in [-0.1, -0.05) is 6.08 Å². The molecule has 0 aliphatic carbocycles. The summed E-state index contributed by atoms with van der Waals surface area (Å²) in [7, 11) is 0. The summed E-state index contributed by atoms with van der Waals surface area (Å²) in [6.45, 7) is 6.70. The number of hydrogen-bond donors (Lipinski definition) is 1. The summed E-state index contributed by atoms with van der Waals surface area (Å²) in [5, 5.41) is 9.94. The van der Waals surface area contributed by atoms with Crippen molar-refractivity contribution in [3.8, 4) is 0 Å². The largest absolute Gasteiger partial charge is 0.463 e. The van der Waals surface area contributed by atoms with Crippen LogP contribution < -0.4 is 0 Å². The third kappa shape index (κ3) is 5.84. The SMILES string of the molecule is CCOC(=O)/C=C/CN1CCCC(C)(O)CC1. The van der Waals surface area contributed by atoms with Gasteiger partial charge < -0.3 is 9.84 Å². The fourth-order valence-electron chi connectivity index (χ4n) is 1.99. The zero-order valence-electron chi connectivity index (χ0n) is 10.8. The van der Waals surface area contributed by atoms with Gasteiger partial charge in [0.05, 0.1) is 12.2 Å². The molecule has 1 atom stereocenters. The maximum absolute atomic E-state index is 11.1. The Morgan fingerprint density at radius 1 is 1.47 bits per heavy atom. The third-order valence-corrected chi connectivity index (χ3v) is 3.06. The van der Waals surface area contributed by atoms with E-state index in [9.17, 15) is 9.90 Å². The van der Waals surface area contributed by atoms with E-state index in [1.165, 1.54) is 6.08 Å². The molecule has 0 aromatic heterocycles. The van der Waals surface area contributed by atoms with Crippen LogP contribution in [0.5, 0.6) is 0 Å². The Kier molecular flexibility index (Phi) is 5.65. The number of carbonyl (C=O) groups excluding carboxylic acids is 1. The first kappa shape index (κ1) is 14.2. The summed E-state index contributed by atoms with van der Waals surface area (Å²) in [5.74, 6) is -0.283. The van der Waals surface area contributed by atoms with Gasteiger partial charge in [-0.25, -0.2) is 4.79 Å². The van der Waals surface area contributed by atoms with Gasteiger partial charge in [-0.05, 0) is 39.7 Å². The van der Waals surface area contributed by atoms with Gasteiger partial charge in [0.15, 0.2) is 0 Å². The quantitative estimate of drug-likeness (QED) is 0.596. The maximum Gasteiger partial charge on any atom is 0.330 e. The van der Waals surface area contributed by atoms with Crippen LogP contribution in [0.25, 0.3) is 0 Å². The molecule has 1 aliphatic heterocycles. The molecular formula is C13H23NO3. The Morgan fingerprint density at radius 3 is 2.94 bits per heavy atom. The number of aliphatic hydroxyl groups is 1. The lowest BCUT2D eigenvalue weighted by molar-refractivity contribution is -0.137. The lowest BCUT2D eigenvalue weighted by Gasteiger charge is -2.21. The average Bonchev–Trinajstić information content (AvgIpc) is 2.41. The van der Waals surface area contributed by atoms with Gasteiger partial charge in [-0.3, -0.25) is 4.90 Å². The molecule has 4 nitrogen and oxygen atoms in total. The van der Waals surface area contributed by atoms with E-state index >= 15 is 0 Å². The highest BCUT2D eigenvalue weighted by Crippen LogP contribution is 2.21. The van der Waals surface area contributed by atoms with E-state index in [4.69, 9.17) is 4.74 Å². The van der Waals surface area contributed by atoms with Crippen LogP contribution in [0.2, 0.25) is 0 Å². The van der Waals surface area contributed by atoms with Crippen LogP contribution in [0.4, 0.5) is 0 Å². The third-order valence-electron chi connectivity index (χ3n) is 3.06. The van der Waals surface area contributed by atoms with Crippen LogP contribution in [0.3, 0.4) is 0 Å². The number of esters is 1. The Labute approximate surface area is 103 Å². The smallest absolute Gasteiger partial charge is 0.330 e. The van der Waals surface area contributed by atoms with Crippen LogP contribution in [-0.4, -0.2) is 47.8 Å². The van der Waals surface area contributed by atoms with Gasteiger partial charge in [0.25, 0.3) is 0 Å². The van der Waals surface area contributed by atoms with Crippen molar-refractivity contribution in [2.45, 2.75) is 38.7 Å². The lowest BCUT2D eigenvalue weighted by atomic mass is 9.98. The van der Waals surface area contributed by atoms with Gasteiger partial charge in [-0.15, -0.1) is 0 Å². The molecule has 1 N–H and O–H groups in total. The molecule has 0 radical (unpaired) electrons. The van der Waals surface area contributed by atoms with E-state index in [2.05, 4.69) is 4.90 Å². The van der Waals surface area contributed by atoms with Crippen molar-refractivity contribution in [1.82, 2.24) is 4.90 Å². The summed E-state index contributed by atoms with van der Waals surface area (Å²) >= 11 is 0. The maximum atomic E-state index is 11.1. The number of rotatable bonds is 4. The molecular weight excluding hydrogens is 218 g/mol. The number of ether oxygens (including phenoxy) is 1. The van der Waals surface area contributed by atoms with E-state index in [0.717, 1.165) is 38.9 Å². The first-order valence-corrected chi connectivity index (χ1v) is 6.31. The predicted molar refractivity (Wildman–Crippen MR) is 66.7 cm³/mol. The summed E-state index contributed by atoms with van der Waals surface area (Å²) in [6.07, 6.45) is 5.95. The van der Waals surface area contributed by atoms with Crippen molar-refractivity contribution in [2.24, 2.45) is 0 Å². The first-order chi connectivity index (χ1) is 8.03. The molecule has 17 heavy (non-hydrogen) atoms. The molecule has 0 saturated carbocycles. The van der Waals surface area contributed by atoms with Crippen molar-refractivity contribution in [2.75, 3.05) is 26.2 Å². The second-order valence-electron chi connectivity index (χ2n) is 4.81. The van der Waals surface area contributed by atoms with Crippen LogP contribution in [0.1, 0.15) is 33.1 Å². The molecule has 4 heteroatoms. The Bertz CT molecular complexity index is 274. The van der Waals surface area contributed by atoms with Crippen molar-refractivity contribution in [3.05, 3.63) is 12.2 Å². The molecule has 0 aromatic rings. The fraction of sp³-hybridized carbons (Fsp3) is 0.769. The van der Waals surface area contributed by atoms with E-state index < -0.39 is 5.60 Å². The highest BCUT2D eigenvalue weighted by Gasteiger charge is 2.24. The number of carbonyl (C=O) groups is 1. The molecule has 0 aromatic carbocycles. The zero-order valence-corrected chi connectivity index (χ0v) is 10.8. The van der Waals surface area contributed by atoms with Gasteiger partial charge in [0.2, 0.25) is 0 Å². The highest BCUT2D eigenvalue weighted by atomic mass is 16.5. The fourth-order valence-corrected chi connectivity index (χ4v) is 1.99. The zero-order chi connectivity index (χ0) is 12.7. The van der Waals surface area contributed by atoms with Crippen LogP contribution >= 0.6 is 0 Å². The first-order valence-electron chi connectivity index (χ1n) is 6.31. The minimum Gasteiger partial charge on any atom is -0.463 e. The Balaban J connectivity index is 2.30. The minimum atomic E-state index is -0.528. The molecule has 1 aliphatic rings. The number of nitrogens with zero attached hydrogens (tertiary/aromatic N) is 1. The van der Waals surface area contributed by atoms with Crippen molar-refractivity contribution < 1.29 is 14.6 Å². The van der Waals surface area contributed by atoms with E-state index in [0.29, 0.717) is 6.61 Å². The van der Waals surface area contributed by atoms with Crippen LogP contribution in [0.15, 0.2) is 12.2 Å². The predicted octanol–water partition coefficient (Wildman–Crippen LogP) is 1.34. The molecule has 0 amide bonds. The Hall–Kier alpha value is -0.870. The van der Waals surface area contributed by atoms with Crippen molar-refractivity contribution >= 4 is 5.97 Å². The van der Waals surface area contributed by atoms with Gasteiger partial charge in [0.1, 0.15) is 0 Å². The molecule has 98 valence electrons. The van der Waals surface area contributed by atoms with Gasteiger partial charge >= 0.3 is 5.97 Å². The monoisotopic (exact) mass is 241 g/mol. The van der Waals surface area contributed by atoms with Gasteiger partial charge in [-0.2, -0.15) is 0 Å². The lowest BCUT2D eigenvalue weighted by Crippen LogP contribution is -2.28. The van der Waals surface area contributed by atoms with Crippen LogP contribution in [-0.2, 0) is 9.53 Å². The summed E-state index contributed by atoms with van der Waals surface area (Å²) in [4.78, 5) is 13.3. The van der Waals surface area contributed by atoms with E-state index in [1.54, 1.807) is 6.92 Å². The minimum absolute atomic E-state index is 0.283. The molecule has 1 fully saturated rings. The molecule has 0 spiro atoms. The summed E-state index contributed by atoms with van der Waals surface area (Å²) in [5.41, 5.74) is -0.528. The number of hydrogen-bond acceptors (Lipinski definition) is 4. The second-order valence-corrected chi connectivity index (χ2v) is 4.81. The standard InChI is InChI=1S/C13H23NO3/c1-3-17-12(15)6-4-9-14-10-5-7-13(2,16)8-11-14/h4,6,16H,3,5,7-11H2,1-2H3/b6-4+. The van der Waals surface area contributed by atoms with Crippen molar-refractivity contribution in [1.29, 1.82) is 0 Å². The summed E-state index contributed by atoms with van der Waals surface area (Å²) in [6, 6.07) is 0. The molecule has 0 bridgehead atoms. The highest BCUT2D eigenvalue weighted by molar-refractivity contribution is 5.81.